The van der Waals surface area contributed by atoms with Gasteiger partial charge in [-0.05, 0) is 34.7 Å². The summed E-state index contributed by atoms with van der Waals surface area (Å²) in [7, 11) is 0. The van der Waals surface area contributed by atoms with Crippen molar-refractivity contribution in [1.29, 1.82) is 0 Å². The molecule has 6 nitrogen and oxygen atoms in total. The lowest BCUT2D eigenvalue weighted by molar-refractivity contribution is 0.0697. The van der Waals surface area contributed by atoms with Crippen molar-refractivity contribution >= 4 is 5.97 Å². The van der Waals surface area contributed by atoms with Crippen molar-refractivity contribution in [3.8, 4) is 11.1 Å². The van der Waals surface area contributed by atoms with Crippen molar-refractivity contribution < 1.29 is 9.90 Å². The van der Waals surface area contributed by atoms with Crippen LogP contribution in [0.5, 0.6) is 0 Å². The van der Waals surface area contributed by atoms with Gasteiger partial charge in [-0.3, -0.25) is 4.98 Å². The SMILES string of the molecule is CCCCc1nc(Cc2ccccc2)nn1Cc1ccc(-c2ccncc2C(=O)O)cc1. The van der Waals surface area contributed by atoms with Gasteiger partial charge in [-0.1, -0.05) is 67.9 Å². The number of rotatable bonds is 9. The maximum absolute atomic E-state index is 11.5. The van der Waals surface area contributed by atoms with Gasteiger partial charge in [0.2, 0.25) is 0 Å². The first-order chi connectivity index (χ1) is 15.6. The number of aromatic nitrogens is 4. The highest BCUT2D eigenvalue weighted by molar-refractivity contribution is 5.95. The molecule has 2 aromatic heterocycles. The summed E-state index contributed by atoms with van der Waals surface area (Å²) in [6.45, 7) is 2.80. The van der Waals surface area contributed by atoms with Crippen LogP contribution in [0.4, 0.5) is 0 Å². The minimum Gasteiger partial charge on any atom is -0.478 e. The van der Waals surface area contributed by atoms with Crippen LogP contribution >= 0.6 is 0 Å². The Bertz CT molecular complexity index is 1180. The molecule has 0 saturated heterocycles. The molecule has 2 heterocycles. The van der Waals surface area contributed by atoms with Crippen molar-refractivity contribution in [2.45, 2.75) is 39.2 Å². The molecule has 1 N–H and O–H groups in total. The molecule has 0 amide bonds. The Balaban J connectivity index is 1.56. The second-order valence-corrected chi connectivity index (χ2v) is 7.79. The molecule has 0 aliphatic rings. The summed E-state index contributed by atoms with van der Waals surface area (Å²) in [6.07, 6.45) is 6.78. The first-order valence-corrected chi connectivity index (χ1v) is 10.9. The smallest absolute Gasteiger partial charge is 0.337 e. The molecule has 0 radical (unpaired) electrons. The van der Waals surface area contributed by atoms with Gasteiger partial charge < -0.3 is 5.11 Å². The highest BCUT2D eigenvalue weighted by Crippen LogP contribution is 2.24. The lowest BCUT2D eigenvalue weighted by Gasteiger charge is -2.09. The van der Waals surface area contributed by atoms with Gasteiger partial charge >= 0.3 is 5.97 Å². The quantitative estimate of drug-likeness (QED) is 0.406. The number of carbonyl (C=O) groups is 1. The zero-order valence-electron chi connectivity index (χ0n) is 18.1. The second kappa shape index (κ2) is 10.0. The maximum Gasteiger partial charge on any atom is 0.337 e. The third-order valence-electron chi connectivity index (χ3n) is 5.40. The maximum atomic E-state index is 11.5. The van der Waals surface area contributed by atoms with Gasteiger partial charge in [0.05, 0.1) is 12.1 Å². The van der Waals surface area contributed by atoms with Crippen LogP contribution in [0.15, 0.2) is 73.1 Å². The zero-order chi connectivity index (χ0) is 22.3. The van der Waals surface area contributed by atoms with E-state index in [-0.39, 0.29) is 5.56 Å². The van der Waals surface area contributed by atoms with Crippen molar-refractivity contribution in [3.05, 3.63) is 101 Å². The largest absolute Gasteiger partial charge is 0.478 e. The van der Waals surface area contributed by atoms with E-state index in [1.807, 2.05) is 47.1 Å². The summed E-state index contributed by atoms with van der Waals surface area (Å²) < 4.78 is 2.00. The number of aromatic carboxylic acids is 1. The fourth-order valence-corrected chi connectivity index (χ4v) is 3.71. The molecule has 0 saturated carbocycles. The van der Waals surface area contributed by atoms with Crippen LogP contribution in [0.2, 0.25) is 0 Å². The number of hydrogen-bond acceptors (Lipinski definition) is 4. The van der Waals surface area contributed by atoms with Crippen LogP contribution in [0.1, 0.15) is 52.9 Å². The van der Waals surface area contributed by atoms with Gasteiger partial charge in [-0.2, -0.15) is 5.10 Å². The lowest BCUT2D eigenvalue weighted by atomic mass is 10.0. The van der Waals surface area contributed by atoms with Crippen LogP contribution < -0.4 is 0 Å². The van der Waals surface area contributed by atoms with Crippen molar-refractivity contribution in [2.75, 3.05) is 0 Å². The molecule has 32 heavy (non-hydrogen) atoms. The van der Waals surface area contributed by atoms with Gasteiger partial charge in [0, 0.05) is 25.2 Å². The Kier molecular flexibility index (Phi) is 6.70. The van der Waals surface area contributed by atoms with Crippen LogP contribution in [0, 0.1) is 0 Å². The summed E-state index contributed by atoms with van der Waals surface area (Å²) in [6, 6.07) is 19.9. The van der Waals surface area contributed by atoms with Gasteiger partial charge in [0.1, 0.15) is 5.82 Å². The molecule has 0 spiro atoms. The summed E-state index contributed by atoms with van der Waals surface area (Å²) in [5.41, 5.74) is 4.00. The highest BCUT2D eigenvalue weighted by atomic mass is 16.4. The molecular weight excluding hydrogens is 400 g/mol. The van der Waals surface area contributed by atoms with Crippen molar-refractivity contribution in [2.24, 2.45) is 0 Å². The number of carboxylic acid groups (broad SMARTS) is 1. The highest BCUT2D eigenvalue weighted by Gasteiger charge is 2.13. The summed E-state index contributed by atoms with van der Waals surface area (Å²) in [5, 5.41) is 14.2. The third kappa shape index (κ3) is 5.09. The third-order valence-corrected chi connectivity index (χ3v) is 5.40. The summed E-state index contributed by atoms with van der Waals surface area (Å²) in [4.78, 5) is 20.2. The number of aryl methyl sites for hydroxylation is 1. The Hall–Kier alpha value is -3.80. The minimum atomic E-state index is -0.980. The number of benzene rings is 2. The normalized spacial score (nSPS) is 10.9. The topological polar surface area (TPSA) is 80.9 Å². The predicted octanol–water partition coefficient (Wildman–Crippen LogP) is 5.02. The van der Waals surface area contributed by atoms with E-state index < -0.39 is 5.97 Å². The van der Waals surface area contributed by atoms with Crippen molar-refractivity contribution in [3.63, 3.8) is 0 Å². The minimum absolute atomic E-state index is 0.198. The van der Waals surface area contributed by atoms with E-state index >= 15 is 0 Å². The fraction of sp³-hybridized carbons (Fsp3) is 0.231. The van der Waals surface area contributed by atoms with Gasteiger partial charge in [-0.15, -0.1) is 0 Å². The molecule has 0 bridgehead atoms. The van der Waals surface area contributed by atoms with Crippen molar-refractivity contribution in [1.82, 2.24) is 19.7 Å². The molecular formula is C26H26N4O2. The predicted molar refractivity (Wildman–Crippen MR) is 124 cm³/mol. The Morgan fingerprint density at radius 2 is 1.78 bits per heavy atom. The molecule has 4 rings (SSSR count). The average molecular weight is 427 g/mol. The molecule has 4 aromatic rings. The number of pyridine rings is 1. The summed E-state index contributed by atoms with van der Waals surface area (Å²) in [5.74, 6) is 0.859. The molecule has 2 aromatic carbocycles. The number of unbranched alkanes of at least 4 members (excludes halogenated alkanes) is 1. The molecule has 0 aliphatic heterocycles. The first kappa shape index (κ1) is 21.4. The first-order valence-electron chi connectivity index (χ1n) is 10.9. The number of carboxylic acids is 1. The number of hydrogen-bond donors (Lipinski definition) is 1. The van der Waals surface area contributed by atoms with Crippen LogP contribution in [-0.4, -0.2) is 30.8 Å². The van der Waals surface area contributed by atoms with E-state index in [1.54, 1.807) is 12.3 Å². The van der Waals surface area contributed by atoms with E-state index in [0.29, 0.717) is 18.5 Å². The van der Waals surface area contributed by atoms with E-state index in [2.05, 4.69) is 24.0 Å². The fourth-order valence-electron chi connectivity index (χ4n) is 3.71. The lowest BCUT2D eigenvalue weighted by Crippen LogP contribution is -2.07. The second-order valence-electron chi connectivity index (χ2n) is 7.79. The molecule has 0 atom stereocenters. The molecule has 0 aliphatic carbocycles. The Morgan fingerprint density at radius 1 is 1.00 bits per heavy atom. The van der Waals surface area contributed by atoms with E-state index in [4.69, 9.17) is 10.1 Å². The van der Waals surface area contributed by atoms with E-state index in [0.717, 1.165) is 42.0 Å². The molecule has 0 unspecified atom stereocenters. The van der Waals surface area contributed by atoms with Gasteiger partial charge in [0.15, 0.2) is 5.82 Å². The van der Waals surface area contributed by atoms with Gasteiger partial charge in [0.25, 0.3) is 0 Å². The van der Waals surface area contributed by atoms with E-state index in [1.165, 1.54) is 11.8 Å². The monoisotopic (exact) mass is 426 g/mol. The molecule has 6 heteroatoms. The molecule has 162 valence electrons. The zero-order valence-corrected chi connectivity index (χ0v) is 18.1. The van der Waals surface area contributed by atoms with Crippen LogP contribution in [0.3, 0.4) is 0 Å². The van der Waals surface area contributed by atoms with Crippen LogP contribution in [0.25, 0.3) is 11.1 Å². The summed E-state index contributed by atoms with van der Waals surface area (Å²) >= 11 is 0. The Morgan fingerprint density at radius 3 is 2.50 bits per heavy atom. The Labute approximate surface area is 187 Å². The average Bonchev–Trinajstić information content (AvgIpc) is 3.19. The van der Waals surface area contributed by atoms with Crippen LogP contribution in [-0.2, 0) is 19.4 Å². The van der Waals surface area contributed by atoms with E-state index in [9.17, 15) is 9.90 Å². The standard InChI is InChI=1S/C26H26N4O2/c1-2-3-9-25-28-24(16-19-7-5-4-6-8-19)29-30(25)18-20-10-12-21(13-11-20)22-14-15-27-17-23(22)26(31)32/h4-8,10-15,17H,2-3,9,16,18H2,1H3,(H,31,32). The number of nitrogens with zero attached hydrogens (tertiary/aromatic N) is 4. The van der Waals surface area contributed by atoms with Gasteiger partial charge in [-0.25, -0.2) is 14.5 Å². The molecule has 0 fully saturated rings.